The van der Waals surface area contributed by atoms with E-state index in [1.165, 1.54) is 6.20 Å². The average Bonchev–Trinajstić information content (AvgIpc) is 2.42. The molecule has 2 N–H and O–H groups in total. The lowest BCUT2D eigenvalue weighted by Crippen LogP contribution is -2.39. The number of ether oxygens (including phenoxy) is 1. The zero-order valence-electron chi connectivity index (χ0n) is 10.9. The van der Waals surface area contributed by atoms with Crippen molar-refractivity contribution >= 4 is 23.3 Å². The number of nitrogens with two attached hydrogens (primary N) is 1. The van der Waals surface area contributed by atoms with Gasteiger partial charge in [-0.3, -0.25) is 4.79 Å². The fraction of sp³-hybridized carbons (Fsp3) is 0.538. The summed E-state index contributed by atoms with van der Waals surface area (Å²) in [5.41, 5.74) is 6.03. The summed E-state index contributed by atoms with van der Waals surface area (Å²) < 4.78 is 5.15. The number of hydrogen-bond acceptors (Lipinski definition) is 4. The molecule has 2 heterocycles. The number of amides is 1. The van der Waals surface area contributed by atoms with Gasteiger partial charge in [0.1, 0.15) is 5.82 Å². The standard InChI is InChI=1S/C13H18ClN3O2/c1-19-8-9-2-4-17(5-3-9)13(18)10-6-11(14)12(15)16-7-10/h6-7,9H,2-5,8H2,1H3,(H2,15,16). The Kier molecular flexibility index (Phi) is 4.61. The van der Waals surface area contributed by atoms with Gasteiger partial charge >= 0.3 is 0 Å². The quantitative estimate of drug-likeness (QED) is 0.919. The highest BCUT2D eigenvalue weighted by molar-refractivity contribution is 6.33. The van der Waals surface area contributed by atoms with Crippen LogP contribution in [-0.2, 0) is 4.74 Å². The van der Waals surface area contributed by atoms with E-state index in [2.05, 4.69) is 4.98 Å². The first-order chi connectivity index (χ1) is 9.11. The van der Waals surface area contributed by atoms with E-state index in [-0.39, 0.29) is 11.7 Å². The number of carbonyl (C=O) groups excluding carboxylic acids is 1. The van der Waals surface area contributed by atoms with Crippen molar-refractivity contribution in [3.05, 3.63) is 22.8 Å². The van der Waals surface area contributed by atoms with E-state index < -0.39 is 0 Å². The molecule has 0 atom stereocenters. The fourth-order valence-electron chi connectivity index (χ4n) is 2.29. The normalized spacial score (nSPS) is 16.6. The number of carbonyl (C=O) groups is 1. The second kappa shape index (κ2) is 6.21. The predicted molar refractivity (Wildman–Crippen MR) is 74.2 cm³/mol. The number of aromatic nitrogens is 1. The van der Waals surface area contributed by atoms with E-state index in [4.69, 9.17) is 22.1 Å². The van der Waals surface area contributed by atoms with Crippen LogP contribution in [-0.4, -0.2) is 42.6 Å². The molecular weight excluding hydrogens is 266 g/mol. The zero-order chi connectivity index (χ0) is 13.8. The highest BCUT2D eigenvalue weighted by Gasteiger charge is 2.24. The van der Waals surface area contributed by atoms with Crippen molar-refractivity contribution in [1.29, 1.82) is 0 Å². The maximum absolute atomic E-state index is 12.3. The van der Waals surface area contributed by atoms with Gasteiger partial charge in [-0.2, -0.15) is 0 Å². The summed E-state index contributed by atoms with van der Waals surface area (Å²) in [4.78, 5) is 18.0. The van der Waals surface area contributed by atoms with Crippen molar-refractivity contribution in [3.63, 3.8) is 0 Å². The van der Waals surface area contributed by atoms with Gasteiger partial charge in [-0.15, -0.1) is 0 Å². The Balaban J connectivity index is 1.99. The molecule has 1 aliphatic rings. The molecule has 19 heavy (non-hydrogen) atoms. The largest absolute Gasteiger partial charge is 0.384 e. The van der Waals surface area contributed by atoms with Crippen LogP contribution in [0.1, 0.15) is 23.2 Å². The van der Waals surface area contributed by atoms with Gasteiger partial charge in [0.2, 0.25) is 0 Å². The third-order valence-corrected chi connectivity index (χ3v) is 3.72. The van der Waals surface area contributed by atoms with E-state index in [0.717, 1.165) is 32.5 Å². The van der Waals surface area contributed by atoms with Crippen molar-refractivity contribution in [2.75, 3.05) is 32.5 Å². The molecule has 1 aliphatic heterocycles. The molecule has 0 aliphatic carbocycles. The molecule has 1 aromatic rings. The van der Waals surface area contributed by atoms with Gasteiger partial charge in [0.05, 0.1) is 10.6 Å². The minimum absolute atomic E-state index is 0.0368. The van der Waals surface area contributed by atoms with E-state index in [1.54, 1.807) is 13.2 Å². The Bertz CT molecular complexity index is 459. The van der Waals surface area contributed by atoms with Crippen LogP contribution in [0.4, 0.5) is 5.82 Å². The minimum atomic E-state index is -0.0368. The molecule has 0 bridgehead atoms. The SMILES string of the molecule is COCC1CCN(C(=O)c2cnc(N)c(Cl)c2)CC1. The molecule has 1 amide bonds. The Morgan fingerprint density at radius 1 is 1.58 bits per heavy atom. The van der Waals surface area contributed by atoms with E-state index in [1.807, 2.05) is 4.90 Å². The molecule has 1 fully saturated rings. The summed E-state index contributed by atoms with van der Waals surface area (Å²) in [5, 5.41) is 0.320. The maximum atomic E-state index is 12.3. The second-order valence-electron chi connectivity index (χ2n) is 4.78. The van der Waals surface area contributed by atoms with E-state index in [0.29, 0.717) is 16.5 Å². The Labute approximate surface area is 117 Å². The summed E-state index contributed by atoms with van der Waals surface area (Å²) in [5.74, 6) is 0.754. The third kappa shape index (κ3) is 3.36. The number of nitrogens with zero attached hydrogens (tertiary/aromatic N) is 2. The summed E-state index contributed by atoms with van der Waals surface area (Å²) >= 11 is 5.89. The van der Waals surface area contributed by atoms with E-state index in [9.17, 15) is 4.79 Å². The van der Waals surface area contributed by atoms with Crippen LogP contribution in [0.15, 0.2) is 12.3 Å². The lowest BCUT2D eigenvalue weighted by atomic mass is 9.97. The van der Waals surface area contributed by atoms with Crippen molar-refractivity contribution < 1.29 is 9.53 Å². The van der Waals surface area contributed by atoms with E-state index >= 15 is 0 Å². The van der Waals surface area contributed by atoms with Gasteiger partial charge in [0.15, 0.2) is 0 Å². The first-order valence-corrected chi connectivity index (χ1v) is 6.69. The van der Waals surface area contributed by atoms with Gasteiger partial charge in [-0.25, -0.2) is 4.98 Å². The number of anilines is 1. The van der Waals surface area contributed by atoms with Crippen LogP contribution in [0.5, 0.6) is 0 Å². The third-order valence-electron chi connectivity index (χ3n) is 3.42. The van der Waals surface area contributed by atoms with Gasteiger partial charge in [-0.1, -0.05) is 11.6 Å². The van der Waals surface area contributed by atoms with Crippen LogP contribution >= 0.6 is 11.6 Å². The first-order valence-electron chi connectivity index (χ1n) is 6.31. The molecular formula is C13H18ClN3O2. The number of piperidine rings is 1. The monoisotopic (exact) mass is 283 g/mol. The molecule has 104 valence electrons. The molecule has 6 heteroatoms. The topological polar surface area (TPSA) is 68.5 Å². The molecule has 0 saturated carbocycles. The zero-order valence-corrected chi connectivity index (χ0v) is 11.7. The van der Waals surface area contributed by atoms with Crippen LogP contribution in [0, 0.1) is 5.92 Å². The van der Waals surface area contributed by atoms with Crippen molar-refractivity contribution in [2.24, 2.45) is 5.92 Å². The van der Waals surface area contributed by atoms with Gasteiger partial charge in [-0.05, 0) is 24.8 Å². The molecule has 2 rings (SSSR count). The van der Waals surface area contributed by atoms with Crippen molar-refractivity contribution in [3.8, 4) is 0 Å². The van der Waals surface area contributed by atoms with Gasteiger partial charge in [0.25, 0.3) is 5.91 Å². The predicted octanol–water partition coefficient (Wildman–Crippen LogP) is 1.82. The number of nitrogen functional groups attached to an aromatic ring is 1. The van der Waals surface area contributed by atoms with Crippen molar-refractivity contribution in [2.45, 2.75) is 12.8 Å². The number of hydrogen-bond donors (Lipinski definition) is 1. The molecule has 5 nitrogen and oxygen atoms in total. The smallest absolute Gasteiger partial charge is 0.255 e. The lowest BCUT2D eigenvalue weighted by molar-refractivity contribution is 0.0613. The molecule has 0 aromatic carbocycles. The Hall–Kier alpha value is -1.33. The Morgan fingerprint density at radius 3 is 2.84 bits per heavy atom. The van der Waals surface area contributed by atoms with Gasteiger partial charge < -0.3 is 15.4 Å². The molecule has 1 aromatic heterocycles. The van der Waals surface area contributed by atoms with Crippen LogP contribution in [0.25, 0.3) is 0 Å². The fourth-order valence-corrected chi connectivity index (χ4v) is 2.45. The lowest BCUT2D eigenvalue weighted by Gasteiger charge is -2.31. The van der Waals surface area contributed by atoms with Gasteiger partial charge in [0, 0.05) is 33.0 Å². The summed E-state index contributed by atoms with van der Waals surface area (Å²) in [6.45, 7) is 2.25. The highest BCUT2D eigenvalue weighted by atomic mass is 35.5. The van der Waals surface area contributed by atoms with Crippen LogP contribution in [0.2, 0.25) is 5.02 Å². The summed E-state index contributed by atoms with van der Waals surface area (Å²) in [6, 6.07) is 1.58. The number of rotatable bonds is 3. The number of methoxy groups -OCH3 is 1. The van der Waals surface area contributed by atoms with Crippen LogP contribution < -0.4 is 5.73 Å². The molecule has 0 unspecified atom stereocenters. The molecule has 1 saturated heterocycles. The van der Waals surface area contributed by atoms with Crippen molar-refractivity contribution in [1.82, 2.24) is 9.88 Å². The summed E-state index contributed by atoms with van der Waals surface area (Å²) in [6.07, 6.45) is 3.41. The number of halogens is 1. The maximum Gasteiger partial charge on any atom is 0.255 e. The number of likely N-dealkylation sites (tertiary alicyclic amines) is 1. The minimum Gasteiger partial charge on any atom is -0.384 e. The highest BCUT2D eigenvalue weighted by Crippen LogP contribution is 2.21. The Morgan fingerprint density at radius 2 is 2.26 bits per heavy atom. The second-order valence-corrected chi connectivity index (χ2v) is 5.19. The molecule has 0 spiro atoms. The first kappa shape index (κ1) is 14.1. The number of pyridine rings is 1. The average molecular weight is 284 g/mol. The van der Waals surface area contributed by atoms with Crippen LogP contribution in [0.3, 0.4) is 0 Å². The summed E-state index contributed by atoms with van der Waals surface area (Å²) in [7, 11) is 1.71. The molecule has 0 radical (unpaired) electrons.